The number of hydrogen-bond acceptors (Lipinski definition) is 7. The zero-order chi connectivity index (χ0) is 24.7. The van der Waals surface area contributed by atoms with E-state index in [9.17, 15) is 18.4 Å². The molecule has 4 aromatic rings. The molecule has 176 valence electrons. The van der Waals surface area contributed by atoms with Gasteiger partial charge in [0.15, 0.2) is 0 Å². The largest absolute Gasteiger partial charge is 0.415 e. The summed E-state index contributed by atoms with van der Waals surface area (Å²) in [7, 11) is 0. The van der Waals surface area contributed by atoms with Crippen molar-refractivity contribution in [1.82, 2.24) is 25.1 Å². The number of rotatable bonds is 5. The highest BCUT2D eigenvalue weighted by molar-refractivity contribution is 6.15. The Hall–Kier alpha value is -4.34. The van der Waals surface area contributed by atoms with E-state index in [0.29, 0.717) is 27.9 Å². The van der Waals surface area contributed by atoms with Crippen molar-refractivity contribution in [2.24, 2.45) is 0 Å². The number of aromatic nitrogens is 4. The molecule has 0 spiro atoms. The molecular formula is C25H19F2N5O3. The topological polar surface area (TPSA) is 102 Å². The second kappa shape index (κ2) is 8.46. The van der Waals surface area contributed by atoms with E-state index in [0.717, 1.165) is 5.56 Å². The molecule has 0 fully saturated rings. The lowest BCUT2D eigenvalue weighted by Gasteiger charge is -2.38. The minimum atomic E-state index is -2.87. The molecule has 0 N–H and O–H groups in total. The highest BCUT2D eigenvalue weighted by Crippen LogP contribution is 2.39. The van der Waals surface area contributed by atoms with Crippen molar-refractivity contribution in [3.63, 3.8) is 0 Å². The van der Waals surface area contributed by atoms with Crippen molar-refractivity contribution in [2.75, 3.05) is 0 Å². The Labute approximate surface area is 198 Å². The van der Waals surface area contributed by atoms with Gasteiger partial charge < -0.3 is 4.42 Å². The van der Waals surface area contributed by atoms with Crippen LogP contribution in [-0.4, -0.2) is 36.9 Å². The molecule has 2 amide bonds. The van der Waals surface area contributed by atoms with Gasteiger partial charge in [0.05, 0.1) is 28.8 Å². The molecule has 1 aliphatic rings. The van der Waals surface area contributed by atoms with E-state index in [2.05, 4.69) is 20.2 Å². The number of alkyl halides is 2. The molecule has 4 heterocycles. The maximum Gasteiger partial charge on any atom is 0.314 e. The Balaban J connectivity index is 1.48. The van der Waals surface area contributed by atoms with E-state index in [1.165, 1.54) is 11.1 Å². The van der Waals surface area contributed by atoms with Gasteiger partial charge in [-0.1, -0.05) is 24.3 Å². The fraction of sp³-hybridized carbons (Fsp3) is 0.200. The van der Waals surface area contributed by atoms with Gasteiger partial charge in [0.1, 0.15) is 0 Å². The molecule has 0 saturated carbocycles. The minimum absolute atomic E-state index is 0.0612. The minimum Gasteiger partial charge on any atom is -0.415 e. The van der Waals surface area contributed by atoms with Crippen molar-refractivity contribution in [3.8, 4) is 22.6 Å². The third-order valence-corrected chi connectivity index (χ3v) is 5.97. The molecule has 35 heavy (non-hydrogen) atoms. The number of pyridine rings is 2. The average molecular weight is 475 g/mol. The molecule has 10 heteroatoms. The smallest absolute Gasteiger partial charge is 0.314 e. The number of benzene rings is 1. The van der Waals surface area contributed by atoms with Gasteiger partial charge in [-0.2, -0.15) is 8.78 Å². The maximum absolute atomic E-state index is 13.6. The number of nitrogens with zero attached hydrogens (tertiary/aromatic N) is 5. The second-order valence-electron chi connectivity index (χ2n) is 8.58. The monoisotopic (exact) mass is 475 g/mol. The van der Waals surface area contributed by atoms with E-state index in [-0.39, 0.29) is 18.3 Å². The number of fused-ring (bicyclic) bond motifs is 1. The summed E-state index contributed by atoms with van der Waals surface area (Å²) >= 11 is 0. The summed E-state index contributed by atoms with van der Waals surface area (Å²) in [5.74, 6) is -1.64. The normalized spacial score (nSPS) is 14.9. The van der Waals surface area contributed by atoms with Gasteiger partial charge in [0.2, 0.25) is 11.8 Å². The average Bonchev–Trinajstić information content (AvgIpc) is 3.37. The van der Waals surface area contributed by atoms with E-state index >= 15 is 0 Å². The van der Waals surface area contributed by atoms with Crippen molar-refractivity contribution < 1.29 is 22.8 Å². The number of halogens is 2. The first-order chi connectivity index (χ1) is 16.8. The number of carbonyl (C=O) groups excluding carboxylic acids is 2. The van der Waals surface area contributed by atoms with Gasteiger partial charge in [-0.3, -0.25) is 24.5 Å². The Kier molecular flexibility index (Phi) is 5.43. The zero-order valence-electron chi connectivity index (χ0n) is 18.8. The Morgan fingerprint density at radius 3 is 2.49 bits per heavy atom. The molecule has 1 aliphatic heterocycles. The van der Waals surface area contributed by atoms with E-state index < -0.39 is 23.6 Å². The SMILES string of the molecule is CC1(C)C(=O)N(Cc2ccc(-c3nnc(C(F)F)o3)cn2)C(=O)c2c(-c3cccnc3)cccc21. The maximum atomic E-state index is 13.6. The van der Waals surface area contributed by atoms with Crippen LogP contribution in [-0.2, 0) is 16.8 Å². The highest BCUT2D eigenvalue weighted by atomic mass is 19.3. The number of imide groups is 1. The van der Waals surface area contributed by atoms with Crippen LogP contribution in [0.1, 0.15) is 47.8 Å². The molecule has 1 aromatic carbocycles. The lowest BCUT2D eigenvalue weighted by Crippen LogP contribution is -2.51. The predicted molar refractivity (Wildman–Crippen MR) is 120 cm³/mol. The van der Waals surface area contributed by atoms with Gasteiger partial charge in [0, 0.05) is 24.2 Å². The molecule has 5 rings (SSSR count). The lowest BCUT2D eigenvalue weighted by atomic mass is 9.75. The van der Waals surface area contributed by atoms with Crippen LogP contribution >= 0.6 is 0 Å². The van der Waals surface area contributed by atoms with Crippen LogP contribution in [0.25, 0.3) is 22.6 Å². The standard InChI is InChI=1S/C25H19F2N5O3/c1-25(2)18-7-3-6-17(14-5-4-10-28-11-14)19(18)23(33)32(24(25)34)13-16-9-8-15(12-29-16)21-30-31-22(35-21)20(26)27/h3-12,20H,13H2,1-2H3. The molecule has 0 saturated heterocycles. The number of amides is 2. The first kappa shape index (κ1) is 22.5. The number of carbonyl (C=O) groups is 2. The molecule has 0 atom stereocenters. The fourth-order valence-electron chi connectivity index (χ4n) is 4.14. The van der Waals surface area contributed by atoms with Gasteiger partial charge in [0.25, 0.3) is 11.8 Å². The number of hydrogen-bond donors (Lipinski definition) is 0. The van der Waals surface area contributed by atoms with E-state index in [4.69, 9.17) is 4.42 Å². The summed E-state index contributed by atoms with van der Waals surface area (Å²) in [6.07, 6.45) is 1.83. The molecule has 0 unspecified atom stereocenters. The Morgan fingerprint density at radius 1 is 1.00 bits per heavy atom. The molecule has 0 bridgehead atoms. The Morgan fingerprint density at radius 2 is 1.83 bits per heavy atom. The van der Waals surface area contributed by atoms with Crippen molar-refractivity contribution >= 4 is 11.8 Å². The molecule has 3 aromatic heterocycles. The Bertz CT molecular complexity index is 1420. The van der Waals surface area contributed by atoms with Gasteiger partial charge in [-0.15, -0.1) is 10.2 Å². The molecule has 8 nitrogen and oxygen atoms in total. The second-order valence-corrected chi connectivity index (χ2v) is 8.58. The molecule has 0 aliphatic carbocycles. The predicted octanol–water partition coefficient (Wildman–Crippen LogP) is 4.59. The van der Waals surface area contributed by atoms with E-state index in [1.807, 2.05) is 18.2 Å². The van der Waals surface area contributed by atoms with E-state index in [1.54, 1.807) is 50.5 Å². The highest BCUT2D eigenvalue weighted by Gasteiger charge is 2.45. The fourth-order valence-corrected chi connectivity index (χ4v) is 4.14. The van der Waals surface area contributed by atoms with Crippen LogP contribution in [0, 0.1) is 0 Å². The summed E-state index contributed by atoms with van der Waals surface area (Å²) in [5, 5.41) is 6.90. The molecular weight excluding hydrogens is 456 g/mol. The van der Waals surface area contributed by atoms with Crippen LogP contribution in [0.5, 0.6) is 0 Å². The van der Waals surface area contributed by atoms with Gasteiger partial charge in [-0.05, 0) is 43.2 Å². The van der Waals surface area contributed by atoms with Gasteiger partial charge >= 0.3 is 6.43 Å². The summed E-state index contributed by atoms with van der Waals surface area (Å²) in [5.41, 5.74) is 2.40. The third kappa shape index (κ3) is 3.86. The summed E-state index contributed by atoms with van der Waals surface area (Å²) in [6, 6.07) is 12.3. The third-order valence-electron chi connectivity index (χ3n) is 5.97. The van der Waals surface area contributed by atoms with Crippen LogP contribution in [0.3, 0.4) is 0 Å². The summed E-state index contributed by atoms with van der Waals surface area (Å²) in [4.78, 5) is 36.6. The lowest BCUT2D eigenvalue weighted by molar-refractivity contribution is -0.134. The van der Waals surface area contributed by atoms with Crippen LogP contribution < -0.4 is 0 Å². The first-order valence-corrected chi connectivity index (χ1v) is 10.7. The summed E-state index contributed by atoms with van der Waals surface area (Å²) < 4.78 is 30.4. The quantitative estimate of drug-likeness (QED) is 0.389. The van der Waals surface area contributed by atoms with Crippen LogP contribution in [0.2, 0.25) is 0 Å². The zero-order valence-corrected chi connectivity index (χ0v) is 18.8. The van der Waals surface area contributed by atoms with Crippen molar-refractivity contribution in [2.45, 2.75) is 32.2 Å². The van der Waals surface area contributed by atoms with Crippen LogP contribution in [0.4, 0.5) is 8.78 Å². The van der Waals surface area contributed by atoms with Gasteiger partial charge in [-0.25, -0.2) is 0 Å². The first-order valence-electron chi connectivity index (χ1n) is 10.7. The van der Waals surface area contributed by atoms with Crippen molar-refractivity contribution in [3.05, 3.63) is 83.8 Å². The van der Waals surface area contributed by atoms with Crippen molar-refractivity contribution in [1.29, 1.82) is 0 Å². The molecule has 0 radical (unpaired) electrons. The van der Waals surface area contributed by atoms with Crippen LogP contribution in [0.15, 0.2) is 65.5 Å². The summed E-state index contributed by atoms with van der Waals surface area (Å²) in [6.45, 7) is 3.51.